The molecule has 96 valence electrons. The Morgan fingerprint density at radius 3 is 2.65 bits per heavy atom. The van der Waals surface area contributed by atoms with Crippen molar-refractivity contribution in [1.82, 2.24) is 4.31 Å². The first-order valence-electron chi connectivity index (χ1n) is 5.56. The van der Waals surface area contributed by atoms with Gasteiger partial charge in [0, 0.05) is 13.6 Å². The summed E-state index contributed by atoms with van der Waals surface area (Å²) >= 11 is 0. The Balaban J connectivity index is 2.77. The molecule has 0 heterocycles. The summed E-state index contributed by atoms with van der Waals surface area (Å²) in [4.78, 5) is 0. The molecule has 0 aliphatic heterocycles. The van der Waals surface area contributed by atoms with Gasteiger partial charge in [0.15, 0.2) is 0 Å². The fourth-order valence-corrected chi connectivity index (χ4v) is 2.71. The Kier molecular flexibility index (Phi) is 4.96. The molecular formula is C12H19NO3S. The van der Waals surface area contributed by atoms with Gasteiger partial charge in [-0.15, -0.1) is 0 Å². The van der Waals surface area contributed by atoms with Crippen LogP contribution in [-0.4, -0.2) is 32.6 Å². The maximum Gasteiger partial charge on any atom is 0.214 e. The van der Waals surface area contributed by atoms with Gasteiger partial charge in [-0.05, 0) is 24.1 Å². The van der Waals surface area contributed by atoms with E-state index in [0.717, 1.165) is 11.3 Å². The Morgan fingerprint density at radius 2 is 2.06 bits per heavy atom. The predicted molar refractivity (Wildman–Crippen MR) is 68.5 cm³/mol. The summed E-state index contributed by atoms with van der Waals surface area (Å²) in [5.41, 5.74) is 0.923. The zero-order valence-corrected chi connectivity index (χ0v) is 11.3. The quantitative estimate of drug-likeness (QED) is 0.781. The van der Waals surface area contributed by atoms with Crippen LogP contribution in [0.4, 0.5) is 0 Å². The van der Waals surface area contributed by atoms with Crippen LogP contribution in [0.25, 0.3) is 0 Å². The lowest BCUT2D eigenvalue weighted by Gasteiger charge is -2.17. The molecule has 0 aliphatic rings. The molecule has 0 aromatic heterocycles. The van der Waals surface area contributed by atoms with Crippen LogP contribution in [0, 0.1) is 0 Å². The van der Waals surface area contributed by atoms with Gasteiger partial charge in [0.05, 0.1) is 12.9 Å². The second-order valence-electron chi connectivity index (χ2n) is 3.92. The zero-order valence-electron chi connectivity index (χ0n) is 10.5. The molecular weight excluding hydrogens is 238 g/mol. The van der Waals surface area contributed by atoms with Crippen LogP contribution in [0.2, 0.25) is 0 Å². The van der Waals surface area contributed by atoms with Crippen molar-refractivity contribution in [2.75, 3.05) is 19.9 Å². The van der Waals surface area contributed by atoms with Gasteiger partial charge in [-0.25, -0.2) is 12.7 Å². The minimum absolute atomic E-state index is 0.188. The summed E-state index contributed by atoms with van der Waals surface area (Å²) < 4.78 is 30.0. The van der Waals surface area contributed by atoms with Gasteiger partial charge in [-0.2, -0.15) is 0 Å². The van der Waals surface area contributed by atoms with E-state index in [9.17, 15) is 8.42 Å². The van der Waals surface area contributed by atoms with Gasteiger partial charge in [0.25, 0.3) is 0 Å². The summed E-state index contributed by atoms with van der Waals surface area (Å²) in [7, 11) is 0.0600. The minimum atomic E-state index is -3.14. The average Bonchev–Trinajstić information content (AvgIpc) is 2.29. The number of benzene rings is 1. The highest BCUT2D eigenvalue weighted by Crippen LogP contribution is 2.15. The summed E-state index contributed by atoms with van der Waals surface area (Å²) in [6, 6.07) is 7.43. The summed E-state index contributed by atoms with van der Waals surface area (Å²) in [6.45, 7) is 2.23. The number of ether oxygens (including phenoxy) is 1. The lowest BCUT2D eigenvalue weighted by Crippen LogP contribution is -2.28. The van der Waals surface area contributed by atoms with Gasteiger partial charge < -0.3 is 4.74 Å². The zero-order chi connectivity index (χ0) is 12.9. The smallest absolute Gasteiger partial charge is 0.214 e. The number of rotatable bonds is 6. The van der Waals surface area contributed by atoms with E-state index in [1.165, 1.54) is 4.31 Å². The third-order valence-electron chi connectivity index (χ3n) is 2.48. The molecule has 17 heavy (non-hydrogen) atoms. The third kappa shape index (κ3) is 4.02. The van der Waals surface area contributed by atoms with Crippen LogP contribution in [0.1, 0.15) is 18.9 Å². The van der Waals surface area contributed by atoms with Crippen molar-refractivity contribution in [3.8, 4) is 5.75 Å². The normalized spacial score (nSPS) is 11.8. The molecule has 4 nitrogen and oxygen atoms in total. The van der Waals surface area contributed by atoms with Crippen molar-refractivity contribution in [1.29, 1.82) is 0 Å². The van der Waals surface area contributed by atoms with Crippen molar-refractivity contribution in [2.24, 2.45) is 0 Å². The molecule has 1 rings (SSSR count). The molecule has 0 saturated heterocycles. The molecule has 0 fully saturated rings. The molecule has 0 unspecified atom stereocenters. The van der Waals surface area contributed by atoms with Crippen molar-refractivity contribution < 1.29 is 13.2 Å². The van der Waals surface area contributed by atoms with Crippen molar-refractivity contribution >= 4 is 10.0 Å². The second-order valence-corrected chi connectivity index (χ2v) is 6.12. The highest BCUT2D eigenvalue weighted by atomic mass is 32.2. The van der Waals surface area contributed by atoms with Crippen LogP contribution < -0.4 is 4.74 Å². The molecule has 1 aromatic rings. The molecule has 0 saturated carbocycles. The maximum absolute atomic E-state index is 11.8. The van der Waals surface area contributed by atoms with Crippen LogP contribution in [0.3, 0.4) is 0 Å². The summed E-state index contributed by atoms with van der Waals surface area (Å²) in [5.74, 6) is 0.928. The van der Waals surface area contributed by atoms with E-state index in [1.807, 2.05) is 31.2 Å². The number of hydrogen-bond donors (Lipinski definition) is 0. The van der Waals surface area contributed by atoms with E-state index < -0.39 is 10.0 Å². The first-order valence-corrected chi connectivity index (χ1v) is 7.17. The summed E-state index contributed by atoms with van der Waals surface area (Å²) in [6.07, 6.45) is 0.630. The Hall–Kier alpha value is -1.07. The lowest BCUT2D eigenvalue weighted by atomic mass is 10.2. The molecule has 0 atom stereocenters. The molecule has 0 spiro atoms. The highest BCUT2D eigenvalue weighted by molar-refractivity contribution is 7.89. The molecule has 0 N–H and O–H groups in total. The van der Waals surface area contributed by atoms with Gasteiger partial charge in [0.1, 0.15) is 5.75 Å². The topological polar surface area (TPSA) is 46.6 Å². The largest absolute Gasteiger partial charge is 0.497 e. The van der Waals surface area contributed by atoms with Gasteiger partial charge in [-0.3, -0.25) is 0 Å². The van der Waals surface area contributed by atoms with Gasteiger partial charge in [-0.1, -0.05) is 19.1 Å². The van der Waals surface area contributed by atoms with E-state index in [4.69, 9.17) is 4.74 Å². The lowest BCUT2D eigenvalue weighted by molar-refractivity contribution is 0.412. The molecule has 1 aromatic carbocycles. The second kappa shape index (κ2) is 6.02. The first-order chi connectivity index (χ1) is 7.99. The van der Waals surface area contributed by atoms with Gasteiger partial charge >= 0.3 is 0 Å². The van der Waals surface area contributed by atoms with E-state index >= 15 is 0 Å². The Bertz CT molecular complexity index is 457. The molecule has 0 amide bonds. The van der Waals surface area contributed by atoms with E-state index in [1.54, 1.807) is 14.2 Å². The Morgan fingerprint density at radius 1 is 1.35 bits per heavy atom. The van der Waals surface area contributed by atoms with Crippen molar-refractivity contribution in [3.05, 3.63) is 29.8 Å². The predicted octanol–water partition coefficient (Wildman–Crippen LogP) is 1.87. The molecule has 0 bridgehead atoms. The van der Waals surface area contributed by atoms with Crippen LogP contribution >= 0.6 is 0 Å². The standard InChI is InChI=1S/C12H19NO3S/c1-4-8-17(14,15)13(2)10-11-6-5-7-12(9-11)16-3/h5-7,9H,4,8,10H2,1-3H3. The number of sulfonamides is 1. The van der Waals surface area contributed by atoms with E-state index in [0.29, 0.717) is 13.0 Å². The molecule has 0 radical (unpaired) electrons. The fraction of sp³-hybridized carbons (Fsp3) is 0.500. The Labute approximate surface area is 103 Å². The van der Waals surface area contributed by atoms with Crippen LogP contribution in [-0.2, 0) is 16.6 Å². The summed E-state index contributed by atoms with van der Waals surface area (Å²) in [5, 5.41) is 0. The maximum atomic E-state index is 11.8. The monoisotopic (exact) mass is 257 g/mol. The minimum Gasteiger partial charge on any atom is -0.497 e. The fourth-order valence-electron chi connectivity index (χ4n) is 1.54. The van der Waals surface area contributed by atoms with Crippen molar-refractivity contribution in [2.45, 2.75) is 19.9 Å². The van der Waals surface area contributed by atoms with Crippen molar-refractivity contribution in [3.63, 3.8) is 0 Å². The van der Waals surface area contributed by atoms with E-state index in [2.05, 4.69) is 0 Å². The van der Waals surface area contributed by atoms with Crippen LogP contribution in [0.5, 0.6) is 5.75 Å². The number of hydrogen-bond acceptors (Lipinski definition) is 3. The van der Waals surface area contributed by atoms with Crippen LogP contribution in [0.15, 0.2) is 24.3 Å². The number of nitrogens with zero attached hydrogens (tertiary/aromatic N) is 1. The first kappa shape index (κ1) is 14.0. The highest BCUT2D eigenvalue weighted by Gasteiger charge is 2.16. The van der Waals surface area contributed by atoms with E-state index in [-0.39, 0.29) is 5.75 Å². The SMILES string of the molecule is CCCS(=O)(=O)N(C)Cc1cccc(OC)c1. The third-order valence-corrected chi connectivity index (χ3v) is 4.48. The average molecular weight is 257 g/mol. The molecule has 0 aliphatic carbocycles. The van der Waals surface area contributed by atoms with Gasteiger partial charge in [0.2, 0.25) is 10.0 Å². The number of methoxy groups -OCH3 is 1. The molecule has 5 heteroatoms.